The van der Waals surface area contributed by atoms with Crippen molar-refractivity contribution in [3.63, 3.8) is 0 Å². The van der Waals surface area contributed by atoms with Crippen molar-refractivity contribution in [3.8, 4) is 17.1 Å². The number of aromatic amines is 1. The van der Waals surface area contributed by atoms with Gasteiger partial charge in [0.1, 0.15) is 17.1 Å². The molecule has 0 aliphatic rings. The lowest BCUT2D eigenvalue weighted by Gasteiger charge is -2.15. The van der Waals surface area contributed by atoms with Crippen molar-refractivity contribution >= 4 is 11.2 Å². The van der Waals surface area contributed by atoms with Crippen molar-refractivity contribution in [1.29, 1.82) is 0 Å². The number of nitrogens with one attached hydrogen (secondary N) is 1. The number of ether oxygens (including phenoxy) is 1. The van der Waals surface area contributed by atoms with Crippen LogP contribution in [0.5, 0.6) is 5.75 Å². The topological polar surface area (TPSA) is 55.7 Å². The van der Waals surface area contributed by atoms with Gasteiger partial charge in [0.2, 0.25) is 0 Å². The molecule has 0 saturated carbocycles. The summed E-state index contributed by atoms with van der Waals surface area (Å²) in [6.07, 6.45) is 4.02. The lowest BCUT2D eigenvalue weighted by Crippen LogP contribution is -2.10. The van der Waals surface area contributed by atoms with Crippen LogP contribution < -0.4 is 4.74 Å². The Morgan fingerprint density at radius 1 is 1.27 bits per heavy atom. The van der Waals surface area contributed by atoms with E-state index in [1.807, 2.05) is 35.1 Å². The summed E-state index contributed by atoms with van der Waals surface area (Å²) in [5.74, 6) is 1.69. The Morgan fingerprint density at radius 3 is 2.86 bits per heavy atom. The molecule has 1 aromatic carbocycles. The van der Waals surface area contributed by atoms with E-state index in [4.69, 9.17) is 9.72 Å². The second-order valence-electron chi connectivity index (χ2n) is 5.52. The fraction of sp³-hybridized carbons (Fsp3) is 0.412. The Morgan fingerprint density at radius 2 is 2.09 bits per heavy atom. The van der Waals surface area contributed by atoms with Gasteiger partial charge in [-0.25, -0.2) is 9.67 Å². The zero-order valence-corrected chi connectivity index (χ0v) is 13.3. The van der Waals surface area contributed by atoms with Gasteiger partial charge in [0.15, 0.2) is 5.65 Å². The third kappa shape index (κ3) is 2.71. The van der Waals surface area contributed by atoms with Gasteiger partial charge in [-0.15, -0.1) is 0 Å². The number of aryl methyl sites for hydroxylation is 1. The second kappa shape index (κ2) is 6.22. The summed E-state index contributed by atoms with van der Waals surface area (Å²) in [4.78, 5) is 8.07. The number of para-hydroxylation sites is 1. The lowest BCUT2D eigenvalue weighted by atomic mass is 10.2. The minimum atomic E-state index is 0.182. The second-order valence-corrected chi connectivity index (χ2v) is 5.52. The summed E-state index contributed by atoms with van der Waals surface area (Å²) >= 11 is 0. The first-order chi connectivity index (χ1) is 10.7. The molecule has 0 aliphatic carbocycles. The van der Waals surface area contributed by atoms with Crippen LogP contribution >= 0.6 is 0 Å². The third-order valence-corrected chi connectivity index (χ3v) is 3.76. The molecule has 0 fully saturated rings. The van der Waals surface area contributed by atoms with Crippen LogP contribution in [0.4, 0.5) is 0 Å². The highest BCUT2D eigenvalue weighted by atomic mass is 16.5. The molecule has 116 valence electrons. The number of benzene rings is 1. The van der Waals surface area contributed by atoms with Gasteiger partial charge in [0.05, 0.1) is 17.9 Å². The Labute approximate surface area is 130 Å². The molecule has 1 unspecified atom stereocenters. The van der Waals surface area contributed by atoms with Crippen molar-refractivity contribution in [3.05, 3.63) is 30.5 Å². The van der Waals surface area contributed by atoms with Crippen LogP contribution in [0.1, 0.15) is 33.6 Å². The van der Waals surface area contributed by atoms with Crippen molar-refractivity contribution in [2.24, 2.45) is 0 Å². The first-order valence-corrected chi connectivity index (χ1v) is 7.90. The Bertz CT molecular complexity index is 759. The molecule has 3 aromatic rings. The molecule has 2 aromatic heterocycles. The quantitative estimate of drug-likeness (QED) is 0.748. The van der Waals surface area contributed by atoms with E-state index in [2.05, 4.69) is 30.9 Å². The summed E-state index contributed by atoms with van der Waals surface area (Å²) in [6.45, 7) is 7.21. The Balaban J connectivity index is 2.00. The fourth-order valence-electron chi connectivity index (χ4n) is 2.41. The van der Waals surface area contributed by atoms with Crippen molar-refractivity contribution in [1.82, 2.24) is 19.7 Å². The molecule has 0 aliphatic heterocycles. The van der Waals surface area contributed by atoms with Crippen molar-refractivity contribution < 1.29 is 4.74 Å². The Kier molecular flexibility index (Phi) is 4.13. The van der Waals surface area contributed by atoms with Crippen LogP contribution in [-0.2, 0) is 6.54 Å². The van der Waals surface area contributed by atoms with E-state index >= 15 is 0 Å². The molecule has 0 bridgehead atoms. The van der Waals surface area contributed by atoms with Crippen molar-refractivity contribution in [2.75, 3.05) is 0 Å². The molecular weight excluding hydrogens is 276 g/mol. The normalized spacial score (nSPS) is 12.7. The van der Waals surface area contributed by atoms with E-state index in [0.29, 0.717) is 0 Å². The molecule has 1 atom stereocenters. The minimum absolute atomic E-state index is 0.182. The van der Waals surface area contributed by atoms with Gasteiger partial charge in [0.25, 0.3) is 0 Å². The van der Waals surface area contributed by atoms with Gasteiger partial charge in [-0.2, -0.15) is 5.10 Å². The van der Waals surface area contributed by atoms with Gasteiger partial charge in [-0.05, 0) is 31.9 Å². The molecule has 0 spiro atoms. The van der Waals surface area contributed by atoms with Crippen LogP contribution in [0.2, 0.25) is 0 Å². The SMILES string of the molecule is CCCn1ncc2[nH]c(-c3ccccc3OC(C)CC)nc21. The van der Waals surface area contributed by atoms with Crippen LogP contribution in [0.15, 0.2) is 30.5 Å². The molecule has 0 saturated heterocycles. The number of fused-ring (bicyclic) bond motifs is 1. The highest BCUT2D eigenvalue weighted by molar-refractivity contribution is 5.77. The third-order valence-electron chi connectivity index (χ3n) is 3.76. The van der Waals surface area contributed by atoms with E-state index < -0.39 is 0 Å². The molecule has 5 nitrogen and oxygen atoms in total. The van der Waals surface area contributed by atoms with Crippen LogP contribution in [0.25, 0.3) is 22.6 Å². The average molecular weight is 298 g/mol. The Hall–Kier alpha value is -2.30. The van der Waals surface area contributed by atoms with Gasteiger partial charge >= 0.3 is 0 Å². The van der Waals surface area contributed by atoms with Gasteiger partial charge < -0.3 is 9.72 Å². The zero-order valence-electron chi connectivity index (χ0n) is 13.3. The van der Waals surface area contributed by atoms with Crippen LogP contribution in [0.3, 0.4) is 0 Å². The summed E-state index contributed by atoms with van der Waals surface area (Å²) in [5.41, 5.74) is 2.85. The van der Waals surface area contributed by atoms with Gasteiger partial charge in [-0.3, -0.25) is 0 Å². The average Bonchev–Trinajstić information content (AvgIpc) is 3.10. The number of nitrogens with zero attached hydrogens (tertiary/aromatic N) is 3. The number of hydrogen-bond donors (Lipinski definition) is 1. The summed E-state index contributed by atoms with van der Waals surface area (Å²) in [6, 6.07) is 8.02. The fourth-order valence-corrected chi connectivity index (χ4v) is 2.41. The number of hydrogen-bond acceptors (Lipinski definition) is 3. The van der Waals surface area contributed by atoms with E-state index in [0.717, 1.165) is 47.7 Å². The highest BCUT2D eigenvalue weighted by Crippen LogP contribution is 2.30. The predicted octanol–water partition coefficient (Wildman–Crippen LogP) is 4.01. The van der Waals surface area contributed by atoms with E-state index in [1.165, 1.54) is 0 Å². The van der Waals surface area contributed by atoms with Gasteiger partial charge in [0, 0.05) is 6.54 Å². The van der Waals surface area contributed by atoms with Crippen LogP contribution in [-0.4, -0.2) is 25.9 Å². The monoisotopic (exact) mass is 298 g/mol. The molecule has 0 amide bonds. The summed E-state index contributed by atoms with van der Waals surface area (Å²) in [5, 5.41) is 4.36. The number of H-pyrrole nitrogens is 1. The standard InChI is InChI=1S/C17H22N4O/c1-4-10-21-17-14(11-18-21)19-16(20-17)13-8-6-7-9-15(13)22-12(3)5-2/h6-9,11-12H,4-5,10H2,1-3H3,(H,19,20). The first-order valence-electron chi connectivity index (χ1n) is 7.90. The molecule has 1 N–H and O–H groups in total. The molecular formula is C17H22N4O. The zero-order chi connectivity index (χ0) is 15.5. The molecule has 3 rings (SSSR count). The predicted molar refractivity (Wildman–Crippen MR) is 88.0 cm³/mol. The minimum Gasteiger partial charge on any atom is -0.490 e. The smallest absolute Gasteiger partial charge is 0.176 e. The summed E-state index contributed by atoms with van der Waals surface area (Å²) in [7, 11) is 0. The molecule has 0 radical (unpaired) electrons. The van der Waals surface area contributed by atoms with E-state index in [1.54, 1.807) is 0 Å². The van der Waals surface area contributed by atoms with E-state index in [9.17, 15) is 0 Å². The number of rotatable bonds is 6. The van der Waals surface area contributed by atoms with E-state index in [-0.39, 0.29) is 6.10 Å². The largest absolute Gasteiger partial charge is 0.490 e. The molecule has 5 heteroatoms. The summed E-state index contributed by atoms with van der Waals surface area (Å²) < 4.78 is 7.95. The number of aromatic nitrogens is 4. The van der Waals surface area contributed by atoms with Gasteiger partial charge in [-0.1, -0.05) is 26.0 Å². The number of imidazole rings is 1. The van der Waals surface area contributed by atoms with Crippen molar-refractivity contribution in [2.45, 2.75) is 46.3 Å². The first kappa shape index (κ1) is 14.6. The maximum atomic E-state index is 6.02. The lowest BCUT2D eigenvalue weighted by molar-refractivity contribution is 0.218. The highest BCUT2D eigenvalue weighted by Gasteiger charge is 2.14. The van der Waals surface area contributed by atoms with Crippen LogP contribution in [0, 0.1) is 0 Å². The molecule has 22 heavy (non-hydrogen) atoms. The molecule has 2 heterocycles. The maximum Gasteiger partial charge on any atom is 0.176 e. The maximum absolute atomic E-state index is 6.02.